The Balaban J connectivity index is 1.18. The maximum absolute atomic E-state index is 3.94. The van der Waals surface area contributed by atoms with Gasteiger partial charge in [0, 0.05) is 35.7 Å². The number of anilines is 1. The highest BCUT2D eigenvalue weighted by atomic mass is 15.2. The molecule has 0 aromatic heterocycles. The minimum Gasteiger partial charge on any atom is -0.338 e. The molecule has 0 saturated heterocycles. The summed E-state index contributed by atoms with van der Waals surface area (Å²) in [6.45, 7) is 11.7. The summed E-state index contributed by atoms with van der Waals surface area (Å²) in [5.74, 6) is 0. The maximum atomic E-state index is 3.94. The standard InChI is InChI=1S/C57H93N2/c1-5-7-9-11-13-15-17-19-21-23-25-27-29-31-33-39-48-58-52(50-51-42-35-37-45-54(51)58)43-41-47-56-57(3,4)53-44-36-38-46-55(53)59(56)49-40-34-32-30-28-26-24-22-20-18-16-14-12-10-8-6-2/h35-38,41-42,44-46H,5-34,39-40,43,48-50H2,1-4H3/q+1. The molecule has 0 aliphatic carbocycles. The predicted octanol–water partition coefficient (Wildman–Crippen LogP) is 18.1. The SMILES string of the molecule is CCCCCCCCCCCCCCCCCCN1C(=C=CCC2=[N+](CCCCCCCCCCCCCCCCCC)c3ccccc3C2)C(C)(C)c2ccccc21. The topological polar surface area (TPSA) is 6.25 Å². The van der Waals surface area contributed by atoms with Gasteiger partial charge in [0.25, 0.3) is 0 Å². The normalized spacial score (nSPS) is 14.3. The average molecular weight is 806 g/mol. The third kappa shape index (κ3) is 18.1. The lowest BCUT2D eigenvalue weighted by atomic mass is 9.84. The fourth-order valence-electron chi connectivity index (χ4n) is 10.1. The molecule has 2 heteroatoms. The van der Waals surface area contributed by atoms with E-state index in [1.54, 1.807) is 5.71 Å². The highest BCUT2D eigenvalue weighted by molar-refractivity contribution is 5.88. The summed E-state index contributed by atoms with van der Waals surface area (Å²) >= 11 is 0. The van der Waals surface area contributed by atoms with Crippen molar-refractivity contribution >= 4 is 17.1 Å². The van der Waals surface area contributed by atoms with Crippen molar-refractivity contribution < 1.29 is 4.58 Å². The van der Waals surface area contributed by atoms with Gasteiger partial charge in [-0.15, -0.1) is 5.73 Å². The first-order chi connectivity index (χ1) is 29.1. The smallest absolute Gasteiger partial charge is 0.208 e. The van der Waals surface area contributed by atoms with Gasteiger partial charge in [0.1, 0.15) is 6.54 Å². The van der Waals surface area contributed by atoms with Gasteiger partial charge in [-0.05, 0) is 44.4 Å². The zero-order chi connectivity index (χ0) is 41.6. The number of nitrogens with zero attached hydrogens (tertiary/aromatic N) is 2. The number of allylic oxidation sites excluding steroid dienone is 1. The van der Waals surface area contributed by atoms with Crippen LogP contribution in [-0.4, -0.2) is 23.4 Å². The largest absolute Gasteiger partial charge is 0.338 e. The molecule has 330 valence electrons. The highest BCUT2D eigenvalue weighted by Crippen LogP contribution is 2.47. The molecule has 2 aliphatic heterocycles. The predicted molar refractivity (Wildman–Crippen MR) is 262 cm³/mol. The van der Waals surface area contributed by atoms with E-state index in [2.05, 4.69) is 97.5 Å². The Labute approximate surface area is 366 Å². The zero-order valence-electron chi connectivity index (χ0n) is 39.5. The quantitative estimate of drug-likeness (QED) is 0.0378. The minimum absolute atomic E-state index is 0.0291. The molecule has 2 heterocycles. The van der Waals surface area contributed by atoms with Gasteiger partial charge in [0.15, 0.2) is 5.71 Å². The van der Waals surface area contributed by atoms with Gasteiger partial charge in [-0.3, -0.25) is 0 Å². The second-order valence-electron chi connectivity index (χ2n) is 19.3. The van der Waals surface area contributed by atoms with Crippen molar-refractivity contribution in [2.24, 2.45) is 0 Å². The molecule has 0 unspecified atom stereocenters. The number of hydrogen-bond acceptors (Lipinski definition) is 1. The van der Waals surface area contributed by atoms with E-state index < -0.39 is 0 Å². The van der Waals surface area contributed by atoms with Gasteiger partial charge in [-0.25, -0.2) is 0 Å². The molecule has 4 rings (SSSR count). The number of rotatable bonds is 36. The Bertz CT molecular complexity index is 1490. The molecule has 0 amide bonds. The summed E-state index contributed by atoms with van der Waals surface area (Å²) in [5, 5.41) is 0. The molecule has 0 spiro atoms. The second-order valence-corrected chi connectivity index (χ2v) is 19.3. The molecule has 2 aliphatic rings. The van der Waals surface area contributed by atoms with Crippen molar-refractivity contribution in [2.75, 3.05) is 18.0 Å². The van der Waals surface area contributed by atoms with Crippen LogP contribution < -0.4 is 4.90 Å². The van der Waals surface area contributed by atoms with Crippen LogP contribution in [0.4, 0.5) is 11.4 Å². The van der Waals surface area contributed by atoms with Crippen LogP contribution in [-0.2, 0) is 11.8 Å². The van der Waals surface area contributed by atoms with Crippen molar-refractivity contribution in [1.29, 1.82) is 0 Å². The fourth-order valence-corrected chi connectivity index (χ4v) is 10.1. The van der Waals surface area contributed by atoms with Crippen LogP contribution in [0, 0.1) is 0 Å². The summed E-state index contributed by atoms with van der Waals surface area (Å²) in [7, 11) is 0. The van der Waals surface area contributed by atoms with E-state index >= 15 is 0 Å². The first-order valence-corrected chi connectivity index (χ1v) is 26.1. The summed E-state index contributed by atoms with van der Waals surface area (Å²) in [5.41, 5.74) is 12.6. The first-order valence-electron chi connectivity index (χ1n) is 26.1. The Morgan fingerprint density at radius 3 is 1.46 bits per heavy atom. The molecule has 0 radical (unpaired) electrons. The zero-order valence-corrected chi connectivity index (χ0v) is 39.5. The highest BCUT2D eigenvalue weighted by Gasteiger charge is 2.39. The number of unbranched alkanes of at least 4 members (excludes halogenated alkanes) is 30. The molecule has 0 saturated carbocycles. The first kappa shape index (κ1) is 49.1. The minimum atomic E-state index is -0.0291. The molecule has 2 aromatic carbocycles. The van der Waals surface area contributed by atoms with E-state index in [1.807, 2.05) is 0 Å². The van der Waals surface area contributed by atoms with E-state index in [9.17, 15) is 0 Å². The third-order valence-corrected chi connectivity index (χ3v) is 13.8. The van der Waals surface area contributed by atoms with Crippen molar-refractivity contribution in [3.05, 3.63) is 77.2 Å². The van der Waals surface area contributed by atoms with E-state index in [4.69, 9.17) is 0 Å². The summed E-state index contributed by atoms with van der Waals surface area (Å²) in [6.07, 6.45) is 49.8. The van der Waals surface area contributed by atoms with E-state index in [1.165, 1.54) is 234 Å². The Morgan fingerprint density at radius 1 is 0.525 bits per heavy atom. The molecule has 0 bridgehead atoms. The van der Waals surface area contributed by atoms with E-state index in [-0.39, 0.29) is 5.41 Å². The Morgan fingerprint density at radius 2 is 0.949 bits per heavy atom. The monoisotopic (exact) mass is 806 g/mol. The molecule has 0 N–H and O–H groups in total. The van der Waals surface area contributed by atoms with Crippen molar-refractivity contribution in [3.63, 3.8) is 0 Å². The van der Waals surface area contributed by atoms with Crippen LogP contribution in [0.1, 0.15) is 251 Å². The number of hydrogen-bond donors (Lipinski definition) is 0. The van der Waals surface area contributed by atoms with Gasteiger partial charge < -0.3 is 4.90 Å². The Hall–Kier alpha value is -2.57. The molecule has 59 heavy (non-hydrogen) atoms. The van der Waals surface area contributed by atoms with Crippen LogP contribution in [0.15, 0.2) is 66.0 Å². The number of para-hydroxylation sites is 2. The maximum Gasteiger partial charge on any atom is 0.208 e. The van der Waals surface area contributed by atoms with E-state index in [0.717, 1.165) is 25.9 Å². The summed E-state index contributed by atoms with van der Waals surface area (Å²) < 4.78 is 2.67. The Kier molecular flexibility index (Phi) is 25.3. The molecule has 2 nitrogen and oxygen atoms in total. The third-order valence-electron chi connectivity index (χ3n) is 13.8. The number of benzene rings is 2. The molecule has 2 aromatic rings. The van der Waals surface area contributed by atoms with Gasteiger partial charge in [-0.2, -0.15) is 4.58 Å². The lowest BCUT2D eigenvalue weighted by Crippen LogP contribution is -2.26. The van der Waals surface area contributed by atoms with Crippen LogP contribution in [0.25, 0.3) is 0 Å². The van der Waals surface area contributed by atoms with Crippen molar-refractivity contribution in [3.8, 4) is 0 Å². The molecule has 0 fully saturated rings. The summed E-state index contributed by atoms with van der Waals surface area (Å²) in [4.78, 5) is 2.62. The van der Waals surface area contributed by atoms with Crippen LogP contribution in [0.3, 0.4) is 0 Å². The van der Waals surface area contributed by atoms with Gasteiger partial charge in [0.2, 0.25) is 5.69 Å². The van der Waals surface area contributed by atoms with Crippen LogP contribution >= 0.6 is 0 Å². The average Bonchev–Trinajstić information content (AvgIpc) is 3.70. The van der Waals surface area contributed by atoms with Crippen molar-refractivity contribution in [2.45, 2.75) is 251 Å². The van der Waals surface area contributed by atoms with Crippen LogP contribution in [0.2, 0.25) is 0 Å². The van der Waals surface area contributed by atoms with E-state index in [0.29, 0.717) is 0 Å². The summed E-state index contributed by atoms with van der Waals surface area (Å²) in [6, 6.07) is 18.3. The lowest BCUT2D eigenvalue weighted by Gasteiger charge is -2.25. The van der Waals surface area contributed by atoms with Crippen LogP contribution in [0.5, 0.6) is 0 Å². The van der Waals surface area contributed by atoms with Gasteiger partial charge >= 0.3 is 0 Å². The molecule has 0 atom stereocenters. The fraction of sp³-hybridized carbons (Fsp3) is 0.719. The van der Waals surface area contributed by atoms with Crippen molar-refractivity contribution in [1.82, 2.24) is 0 Å². The number of fused-ring (bicyclic) bond motifs is 2. The van der Waals surface area contributed by atoms with Gasteiger partial charge in [-0.1, -0.05) is 236 Å². The lowest BCUT2D eigenvalue weighted by molar-refractivity contribution is -0.439. The molecular weight excluding hydrogens is 713 g/mol. The molecular formula is C57H93N2+. The second kappa shape index (κ2) is 30.5. The van der Waals surface area contributed by atoms with Gasteiger partial charge in [0.05, 0.1) is 18.5 Å².